The van der Waals surface area contributed by atoms with Gasteiger partial charge < -0.3 is 25.0 Å². The molecule has 2 saturated heterocycles. The third-order valence-corrected chi connectivity index (χ3v) is 5.54. The van der Waals surface area contributed by atoms with Gasteiger partial charge in [0.05, 0.1) is 6.04 Å². The number of benzene rings is 1. The van der Waals surface area contributed by atoms with Crippen LogP contribution in [0.25, 0.3) is 0 Å². The molecule has 0 aliphatic carbocycles. The first-order valence-corrected chi connectivity index (χ1v) is 12.3. The minimum Gasteiger partial charge on any atom is -0.462 e. The number of anilines is 1. The topological polar surface area (TPSA) is 83.1 Å². The summed E-state index contributed by atoms with van der Waals surface area (Å²) in [6.07, 6.45) is 0.556. The van der Waals surface area contributed by atoms with Crippen LogP contribution in [0.4, 0.5) is 10.5 Å². The average Bonchev–Trinajstić information content (AvgIpc) is 3.16. The number of nitrogens with one attached hydrogen (secondary N) is 2. The molecule has 2 aliphatic rings. The first kappa shape index (κ1) is 28.2. The van der Waals surface area contributed by atoms with Gasteiger partial charge in [-0.05, 0) is 65.7 Å². The number of hydrogen-bond acceptors (Lipinski definition) is 7. The van der Waals surface area contributed by atoms with E-state index >= 15 is 0 Å². The van der Waals surface area contributed by atoms with Gasteiger partial charge in [-0.2, -0.15) is 0 Å². The average molecular weight is 497 g/mol. The lowest BCUT2D eigenvalue weighted by molar-refractivity contribution is -0.138. The minimum absolute atomic E-state index is 0.0888. The van der Waals surface area contributed by atoms with Crippen molar-refractivity contribution < 1.29 is 19.1 Å². The third-order valence-electron chi connectivity index (χ3n) is 5.30. The van der Waals surface area contributed by atoms with Crippen LogP contribution in [0.1, 0.15) is 53.5 Å². The van der Waals surface area contributed by atoms with Crippen LogP contribution >= 0.6 is 11.6 Å². The highest BCUT2D eigenvalue weighted by molar-refractivity contribution is 6.30. The van der Waals surface area contributed by atoms with Gasteiger partial charge in [0.15, 0.2) is 0 Å². The predicted octanol–water partition coefficient (Wildman–Crippen LogP) is 3.81. The van der Waals surface area contributed by atoms with Crippen LogP contribution in [-0.2, 0) is 20.8 Å². The van der Waals surface area contributed by atoms with E-state index in [0.29, 0.717) is 6.47 Å². The van der Waals surface area contributed by atoms with Gasteiger partial charge in [-0.3, -0.25) is 9.69 Å². The van der Waals surface area contributed by atoms with Crippen molar-refractivity contribution in [3.63, 3.8) is 0 Å². The molecule has 1 unspecified atom stereocenters. The number of rotatable bonds is 5. The highest BCUT2D eigenvalue weighted by atomic mass is 35.5. The van der Waals surface area contributed by atoms with Gasteiger partial charge in [0, 0.05) is 56.5 Å². The first-order chi connectivity index (χ1) is 15.9. The zero-order valence-corrected chi connectivity index (χ0v) is 22.2. The van der Waals surface area contributed by atoms with Gasteiger partial charge in [0.2, 0.25) is 0 Å². The van der Waals surface area contributed by atoms with Gasteiger partial charge >= 0.3 is 6.09 Å². The molecule has 9 heteroatoms. The summed E-state index contributed by atoms with van der Waals surface area (Å²) in [5, 5.41) is 7.14. The third kappa shape index (κ3) is 10.5. The lowest BCUT2D eigenvalue weighted by Crippen LogP contribution is -2.43. The maximum atomic E-state index is 12.1. The minimum atomic E-state index is -0.480. The summed E-state index contributed by atoms with van der Waals surface area (Å²) in [5.74, 6) is 0. The number of halogens is 1. The Labute approximate surface area is 209 Å². The van der Waals surface area contributed by atoms with Gasteiger partial charge in [0.25, 0.3) is 6.47 Å². The summed E-state index contributed by atoms with van der Waals surface area (Å²) in [7, 11) is 0. The van der Waals surface area contributed by atoms with E-state index in [2.05, 4.69) is 37.3 Å². The van der Waals surface area contributed by atoms with Crippen molar-refractivity contribution in [1.82, 2.24) is 15.5 Å². The van der Waals surface area contributed by atoms with E-state index in [-0.39, 0.29) is 17.7 Å². The molecule has 2 aliphatic heterocycles. The highest BCUT2D eigenvalue weighted by Crippen LogP contribution is 2.29. The Balaban J connectivity index is 0.000000509. The molecule has 0 aromatic heterocycles. The molecule has 192 valence electrons. The van der Waals surface area contributed by atoms with E-state index in [9.17, 15) is 9.59 Å². The molecule has 34 heavy (non-hydrogen) atoms. The Morgan fingerprint density at radius 1 is 1.15 bits per heavy atom. The molecule has 1 amide bonds. The van der Waals surface area contributed by atoms with Crippen LogP contribution < -0.4 is 15.5 Å². The second kappa shape index (κ2) is 12.6. The van der Waals surface area contributed by atoms with Crippen molar-refractivity contribution in [2.75, 3.05) is 44.2 Å². The monoisotopic (exact) mass is 496 g/mol. The fraction of sp³-hybridized carbons (Fsp3) is 0.680. The van der Waals surface area contributed by atoms with Gasteiger partial charge in [0.1, 0.15) is 11.2 Å². The first-order valence-electron chi connectivity index (χ1n) is 11.9. The maximum Gasteiger partial charge on any atom is 0.407 e. The van der Waals surface area contributed by atoms with Crippen LogP contribution in [0.3, 0.4) is 0 Å². The fourth-order valence-corrected chi connectivity index (χ4v) is 3.96. The second-order valence-electron chi connectivity index (χ2n) is 10.7. The van der Waals surface area contributed by atoms with Crippen molar-refractivity contribution >= 4 is 29.9 Å². The molecule has 1 atom stereocenters. The van der Waals surface area contributed by atoms with Gasteiger partial charge in [-0.15, -0.1) is 0 Å². The molecule has 0 saturated carbocycles. The highest BCUT2D eigenvalue weighted by Gasteiger charge is 2.28. The molecule has 2 N–H and O–H groups in total. The standard InChI is InChI=1S/C20H31ClN4O2.C5H10O2/c1-20(2,3)27-19(26)23-17-6-9-25(14-17)18-12-16(21)5-4-15(18)13-24-10-7-22-8-11-24;1-5(2,3)7-4-6/h4-5,12,17,22H,6-11,13-14H2,1-3H3,(H,23,26);4H,1-3H3. The van der Waals surface area contributed by atoms with E-state index in [1.165, 1.54) is 11.3 Å². The normalized spacial score (nSPS) is 19.1. The molecule has 2 heterocycles. The predicted molar refractivity (Wildman–Crippen MR) is 136 cm³/mol. The summed E-state index contributed by atoms with van der Waals surface area (Å²) in [4.78, 5) is 26.4. The molecule has 0 bridgehead atoms. The lowest BCUT2D eigenvalue weighted by atomic mass is 10.1. The Hall–Kier alpha value is -2.03. The van der Waals surface area contributed by atoms with Crippen LogP contribution in [-0.4, -0.2) is 74.0 Å². The Kier molecular flexibility index (Phi) is 10.5. The number of nitrogens with zero attached hydrogens (tertiary/aromatic N) is 2. The lowest BCUT2D eigenvalue weighted by Gasteiger charge is -2.30. The van der Waals surface area contributed by atoms with Gasteiger partial charge in [-0.25, -0.2) is 4.79 Å². The Bertz CT molecular complexity index is 801. The van der Waals surface area contributed by atoms with Crippen LogP contribution in [0.2, 0.25) is 5.02 Å². The Morgan fingerprint density at radius 2 is 1.82 bits per heavy atom. The molecule has 0 spiro atoms. The van der Waals surface area contributed by atoms with Crippen molar-refractivity contribution in [2.24, 2.45) is 0 Å². The molecule has 8 nitrogen and oxygen atoms in total. The molecule has 1 aromatic carbocycles. The molecule has 3 rings (SSSR count). The number of carbonyl (C=O) groups is 2. The maximum absolute atomic E-state index is 12.1. The van der Waals surface area contributed by atoms with Crippen molar-refractivity contribution in [3.8, 4) is 0 Å². The molecule has 2 fully saturated rings. The number of amides is 1. The smallest absolute Gasteiger partial charge is 0.407 e. The number of hydrogen-bond donors (Lipinski definition) is 2. The number of alkyl carbamates (subject to hydrolysis) is 1. The summed E-state index contributed by atoms with van der Waals surface area (Å²) in [6.45, 7) is 18.3. The number of carbonyl (C=O) groups excluding carboxylic acids is 2. The van der Waals surface area contributed by atoms with E-state index in [0.717, 1.165) is 57.3 Å². The summed E-state index contributed by atoms with van der Waals surface area (Å²) in [6, 6.07) is 6.24. The largest absolute Gasteiger partial charge is 0.462 e. The van der Waals surface area contributed by atoms with Crippen molar-refractivity contribution in [2.45, 2.75) is 71.8 Å². The van der Waals surface area contributed by atoms with Crippen molar-refractivity contribution in [1.29, 1.82) is 0 Å². The zero-order chi connectivity index (χ0) is 25.4. The van der Waals surface area contributed by atoms with E-state index in [1.54, 1.807) is 0 Å². The van der Waals surface area contributed by atoms with Crippen molar-refractivity contribution in [3.05, 3.63) is 28.8 Å². The van der Waals surface area contributed by atoms with Crippen LogP contribution in [0.15, 0.2) is 18.2 Å². The molecule has 0 radical (unpaired) electrons. The van der Waals surface area contributed by atoms with E-state index in [1.807, 2.05) is 47.6 Å². The van der Waals surface area contributed by atoms with E-state index < -0.39 is 5.60 Å². The van der Waals surface area contributed by atoms with Crippen LogP contribution in [0.5, 0.6) is 0 Å². The Morgan fingerprint density at radius 3 is 2.38 bits per heavy atom. The fourth-order valence-electron chi connectivity index (χ4n) is 3.79. The molecule has 1 aromatic rings. The zero-order valence-electron chi connectivity index (χ0n) is 21.4. The quantitative estimate of drug-likeness (QED) is 0.600. The summed E-state index contributed by atoms with van der Waals surface area (Å²) < 4.78 is 9.93. The number of ether oxygens (including phenoxy) is 2. The van der Waals surface area contributed by atoms with Crippen LogP contribution in [0, 0.1) is 0 Å². The molecular weight excluding hydrogens is 456 g/mol. The van der Waals surface area contributed by atoms with Gasteiger partial charge in [-0.1, -0.05) is 17.7 Å². The second-order valence-corrected chi connectivity index (χ2v) is 11.1. The summed E-state index contributed by atoms with van der Waals surface area (Å²) >= 11 is 6.29. The number of piperazine rings is 1. The summed E-state index contributed by atoms with van der Waals surface area (Å²) in [5.41, 5.74) is 1.67. The SMILES string of the molecule is CC(C)(C)OC(=O)NC1CCN(c2cc(Cl)ccc2CN2CCNCC2)C1.CC(C)(C)OC=O. The molecular formula is C25H41ClN4O4. The van der Waals surface area contributed by atoms with E-state index in [4.69, 9.17) is 16.3 Å².